The van der Waals surface area contributed by atoms with E-state index in [4.69, 9.17) is 4.74 Å². The normalized spacial score (nSPS) is 30.5. The molecule has 7 nitrogen and oxygen atoms in total. The highest BCUT2D eigenvalue weighted by Gasteiger charge is 2.52. The Kier molecular flexibility index (Phi) is 4.79. The average Bonchev–Trinajstić information content (AvgIpc) is 2.87. The summed E-state index contributed by atoms with van der Waals surface area (Å²) in [6.07, 6.45) is 3.69. The van der Waals surface area contributed by atoms with Gasteiger partial charge in [0.05, 0.1) is 6.04 Å². The summed E-state index contributed by atoms with van der Waals surface area (Å²) in [6.45, 7) is 5.86. The quantitative estimate of drug-likeness (QED) is 0.765. The van der Waals surface area contributed by atoms with Crippen LogP contribution in [0.4, 0.5) is 4.79 Å². The summed E-state index contributed by atoms with van der Waals surface area (Å²) < 4.78 is 6.00. The lowest BCUT2D eigenvalue weighted by Crippen LogP contribution is -2.50. The standard InChI is InChI=1S/C22H29N3O4/c1-14-8-10-22(11-9-14)19(27)25(20(28)24-22)13-18(26)23-16-12-21(2,3)29-17-7-5-4-6-15(16)17/h4-7,14,16H,8-13H2,1-3H3,(H,23,26)(H,24,28). The lowest BCUT2D eigenvalue weighted by atomic mass is 9.77. The third-order valence-electron chi connectivity index (χ3n) is 6.39. The van der Waals surface area contributed by atoms with E-state index in [1.807, 2.05) is 38.1 Å². The number of carbonyl (C=O) groups excluding carboxylic acids is 3. The van der Waals surface area contributed by atoms with Crippen LogP contribution in [0.2, 0.25) is 0 Å². The summed E-state index contributed by atoms with van der Waals surface area (Å²) in [7, 11) is 0. The molecule has 4 amide bonds. The maximum absolute atomic E-state index is 13.0. The van der Waals surface area contributed by atoms with E-state index in [-0.39, 0.29) is 24.4 Å². The summed E-state index contributed by atoms with van der Waals surface area (Å²) in [5.74, 6) is 0.698. The highest BCUT2D eigenvalue weighted by Crippen LogP contribution is 2.39. The third kappa shape index (κ3) is 3.70. The number of urea groups is 1. The molecular weight excluding hydrogens is 370 g/mol. The molecular formula is C22H29N3O4. The van der Waals surface area contributed by atoms with E-state index >= 15 is 0 Å². The fraction of sp³-hybridized carbons (Fsp3) is 0.591. The average molecular weight is 399 g/mol. The van der Waals surface area contributed by atoms with E-state index in [2.05, 4.69) is 17.6 Å². The molecule has 3 aliphatic rings. The first kappa shape index (κ1) is 19.7. The van der Waals surface area contributed by atoms with Crippen molar-refractivity contribution in [3.8, 4) is 5.75 Å². The van der Waals surface area contributed by atoms with E-state index in [1.54, 1.807) is 0 Å². The predicted molar refractivity (Wildman–Crippen MR) is 107 cm³/mol. The molecule has 156 valence electrons. The van der Waals surface area contributed by atoms with Gasteiger partial charge in [-0.1, -0.05) is 25.1 Å². The number of para-hydroxylation sites is 1. The Morgan fingerprint density at radius 2 is 1.93 bits per heavy atom. The number of benzene rings is 1. The van der Waals surface area contributed by atoms with Gasteiger partial charge < -0.3 is 15.4 Å². The molecule has 1 saturated heterocycles. The second-order valence-electron chi connectivity index (χ2n) is 9.31. The van der Waals surface area contributed by atoms with Crippen molar-refractivity contribution in [3.63, 3.8) is 0 Å². The van der Waals surface area contributed by atoms with E-state index in [9.17, 15) is 14.4 Å². The Bertz CT molecular complexity index is 842. The van der Waals surface area contributed by atoms with Crippen molar-refractivity contribution in [2.45, 2.75) is 70.1 Å². The van der Waals surface area contributed by atoms with Crippen molar-refractivity contribution in [1.29, 1.82) is 0 Å². The van der Waals surface area contributed by atoms with Gasteiger partial charge in [0.25, 0.3) is 5.91 Å². The molecule has 29 heavy (non-hydrogen) atoms. The van der Waals surface area contributed by atoms with Gasteiger partial charge in [0.15, 0.2) is 0 Å². The van der Waals surface area contributed by atoms with Gasteiger partial charge >= 0.3 is 6.03 Å². The fourth-order valence-electron chi connectivity index (χ4n) is 4.73. The lowest BCUT2D eigenvalue weighted by Gasteiger charge is -2.38. The van der Waals surface area contributed by atoms with Crippen LogP contribution in [-0.2, 0) is 9.59 Å². The summed E-state index contributed by atoms with van der Waals surface area (Å²) in [5.41, 5.74) is -0.331. The molecule has 1 spiro atoms. The van der Waals surface area contributed by atoms with Crippen molar-refractivity contribution in [2.75, 3.05) is 6.54 Å². The maximum Gasteiger partial charge on any atom is 0.325 e. The summed E-state index contributed by atoms with van der Waals surface area (Å²) in [4.78, 5) is 39.3. The molecule has 2 heterocycles. The molecule has 2 aliphatic heterocycles. The zero-order chi connectivity index (χ0) is 20.8. The molecule has 2 N–H and O–H groups in total. The van der Waals surface area contributed by atoms with Crippen LogP contribution in [-0.4, -0.2) is 40.4 Å². The van der Waals surface area contributed by atoms with Crippen LogP contribution in [0.15, 0.2) is 24.3 Å². The molecule has 0 aromatic heterocycles. The van der Waals surface area contributed by atoms with Crippen LogP contribution in [0.5, 0.6) is 5.75 Å². The molecule has 0 bridgehead atoms. The number of fused-ring (bicyclic) bond motifs is 1. The van der Waals surface area contributed by atoms with Gasteiger partial charge in [-0.15, -0.1) is 0 Å². The second-order valence-corrected chi connectivity index (χ2v) is 9.31. The molecule has 7 heteroatoms. The molecule has 1 aromatic rings. The fourth-order valence-corrected chi connectivity index (χ4v) is 4.73. The highest BCUT2D eigenvalue weighted by molar-refractivity contribution is 6.09. The van der Waals surface area contributed by atoms with Crippen molar-refractivity contribution < 1.29 is 19.1 Å². The van der Waals surface area contributed by atoms with E-state index in [1.165, 1.54) is 0 Å². The van der Waals surface area contributed by atoms with Gasteiger partial charge in [0, 0.05) is 12.0 Å². The van der Waals surface area contributed by atoms with Gasteiger partial charge in [-0.05, 0) is 51.5 Å². The Hall–Kier alpha value is -2.57. The monoisotopic (exact) mass is 399 g/mol. The lowest BCUT2D eigenvalue weighted by molar-refractivity contribution is -0.136. The molecule has 1 aromatic carbocycles. The summed E-state index contributed by atoms with van der Waals surface area (Å²) >= 11 is 0. The minimum Gasteiger partial charge on any atom is -0.487 e. The molecule has 1 atom stereocenters. The van der Waals surface area contributed by atoms with Crippen LogP contribution in [0.3, 0.4) is 0 Å². The van der Waals surface area contributed by atoms with Crippen LogP contribution in [0.1, 0.15) is 64.5 Å². The zero-order valence-electron chi connectivity index (χ0n) is 17.3. The topological polar surface area (TPSA) is 87.7 Å². The van der Waals surface area contributed by atoms with E-state index in [0.29, 0.717) is 25.2 Å². The smallest absolute Gasteiger partial charge is 0.325 e. The van der Waals surface area contributed by atoms with Gasteiger partial charge in [-0.2, -0.15) is 0 Å². The largest absolute Gasteiger partial charge is 0.487 e. The van der Waals surface area contributed by atoms with E-state index in [0.717, 1.165) is 29.1 Å². The van der Waals surface area contributed by atoms with Gasteiger partial charge in [0.2, 0.25) is 5.91 Å². The van der Waals surface area contributed by atoms with Crippen molar-refractivity contribution in [1.82, 2.24) is 15.5 Å². The first-order valence-electron chi connectivity index (χ1n) is 10.4. The molecule has 1 unspecified atom stereocenters. The summed E-state index contributed by atoms with van der Waals surface area (Å²) in [5, 5.41) is 5.87. The number of imide groups is 1. The van der Waals surface area contributed by atoms with Crippen LogP contribution >= 0.6 is 0 Å². The number of hydrogen-bond donors (Lipinski definition) is 2. The highest BCUT2D eigenvalue weighted by atomic mass is 16.5. The zero-order valence-corrected chi connectivity index (χ0v) is 17.3. The van der Waals surface area contributed by atoms with Crippen LogP contribution in [0.25, 0.3) is 0 Å². The predicted octanol–water partition coefficient (Wildman–Crippen LogP) is 2.91. The number of rotatable bonds is 3. The van der Waals surface area contributed by atoms with Gasteiger partial charge in [-0.3, -0.25) is 14.5 Å². The Labute approximate surface area is 171 Å². The number of nitrogens with zero attached hydrogens (tertiary/aromatic N) is 1. The number of amides is 4. The molecule has 1 aliphatic carbocycles. The Morgan fingerprint density at radius 3 is 2.66 bits per heavy atom. The minimum atomic E-state index is -0.822. The van der Waals surface area contributed by atoms with Crippen molar-refractivity contribution >= 4 is 17.8 Å². The molecule has 4 rings (SSSR count). The van der Waals surface area contributed by atoms with Crippen molar-refractivity contribution in [2.24, 2.45) is 5.92 Å². The van der Waals surface area contributed by atoms with Gasteiger partial charge in [0.1, 0.15) is 23.4 Å². The van der Waals surface area contributed by atoms with Crippen LogP contribution < -0.4 is 15.4 Å². The number of ether oxygens (including phenoxy) is 1. The Morgan fingerprint density at radius 1 is 1.24 bits per heavy atom. The summed E-state index contributed by atoms with van der Waals surface area (Å²) in [6, 6.07) is 6.93. The molecule has 2 fully saturated rings. The SMILES string of the molecule is CC1CCC2(CC1)NC(=O)N(CC(=O)NC1CC(C)(C)Oc3ccccc31)C2=O. The minimum absolute atomic E-state index is 0.229. The van der Waals surface area contributed by atoms with Gasteiger partial charge in [-0.25, -0.2) is 4.79 Å². The Balaban J connectivity index is 1.45. The van der Waals surface area contributed by atoms with Crippen LogP contribution in [0, 0.1) is 5.92 Å². The van der Waals surface area contributed by atoms with E-state index < -0.39 is 17.2 Å². The van der Waals surface area contributed by atoms with Crippen molar-refractivity contribution in [3.05, 3.63) is 29.8 Å². The first-order chi connectivity index (χ1) is 13.7. The second kappa shape index (κ2) is 7.04. The number of carbonyl (C=O) groups is 3. The number of nitrogens with one attached hydrogen (secondary N) is 2. The third-order valence-corrected chi connectivity index (χ3v) is 6.39. The maximum atomic E-state index is 13.0. The first-order valence-corrected chi connectivity index (χ1v) is 10.4. The molecule has 1 saturated carbocycles. The number of hydrogen-bond acceptors (Lipinski definition) is 4. The molecule has 0 radical (unpaired) electrons.